The number of benzene rings is 2. The van der Waals surface area contributed by atoms with Crippen molar-refractivity contribution in [1.29, 1.82) is 0 Å². The van der Waals surface area contributed by atoms with Gasteiger partial charge in [0.05, 0.1) is 5.69 Å². The van der Waals surface area contributed by atoms with E-state index >= 15 is 0 Å². The fraction of sp³-hybridized carbons (Fsp3) is 0.346. The van der Waals surface area contributed by atoms with E-state index in [9.17, 15) is 0 Å². The maximum atomic E-state index is 6.46. The lowest BCUT2D eigenvalue weighted by Gasteiger charge is -2.32. The molecule has 5 rings (SSSR count). The Morgan fingerprint density at radius 3 is 2.59 bits per heavy atom. The van der Waals surface area contributed by atoms with Crippen LogP contribution in [-0.4, -0.2) is 23.0 Å². The summed E-state index contributed by atoms with van der Waals surface area (Å²) in [5.41, 5.74) is 4.59. The van der Waals surface area contributed by atoms with Gasteiger partial charge in [-0.15, -0.1) is 0 Å². The Morgan fingerprint density at radius 2 is 1.88 bits per heavy atom. The van der Waals surface area contributed by atoms with Crippen LogP contribution in [0.5, 0.6) is 11.5 Å². The number of likely N-dealkylation sites (tertiary alicyclic amines) is 1. The SMILES string of the molecule is Cc1cc(Br)cnc1CN1CCC(c2cccc3c2OC(C)(c2ccc(Cl)cc2)O3)CC1. The Kier molecular flexibility index (Phi) is 5.91. The average molecular weight is 514 g/mol. The normalized spacial score (nSPS) is 21.1. The number of halogens is 2. The first-order valence-electron chi connectivity index (χ1n) is 11.0. The maximum Gasteiger partial charge on any atom is 0.275 e. The van der Waals surface area contributed by atoms with E-state index in [4.69, 9.17) is 21.1 Å². The number of rotatable bonds is 4. The molecule has 1 aromatic heterocycles. The van der Waals surface area contributed by atoms with Crippen LogP contribution in [0.4, 0.5) is 0 Å². The number of pyridine rings is 1. The van der Waals surface area contributed by atoms with Gasteiger partial charge >= 0.3 is 0 Å². The zero-order valence-corrected chi connectivity index (χ0v) is 20.6. The molecule has 2 aliphatic rings. The summed E-state index contributed by atoms with van der Waals surface area (Å²) >= 11 is 9.57. The van der Waals surface area contributed by atoms with E-state index in [-0.39, 0.29) is 0 Å². The zero-order valence-electron chi connectivity index (χ0n) is 18.3. The minimum atomic E-state index is -0.839. The van der Waals surface area contributed by atoms with Gasteiger partial charge in [0.1, 0.15) is 0 Å². The van der Waals surface area contributed by atoms with Gasteiger partial charge in [-0.3, -0.25) is 9.88 Å². The minimum absolute atomic E-state index is 0.455. The third-order valence-corrected chi connectivity index (χ3v) is 7.22. The molecule has 0 radical (unpaired) electrons. The first kappa shape index (κ1) is 21.7. The van der Waals surface area contributed by atoms with Crippen LogP contribution in [0.1, 0.15) is 48.1 Å². The van der Waals surface area contributed by atoms with Crippen molar-refractivity contribution < 1.29 is 9.47 Å². The minimum Gasteiger partial charge on any atom is -0.445 e. The molecular formula is C26H26BrClN2O2. The van der Waals surface area contributed by atoms with E-state index < -0.39 is 5.79 Å². The maximum absolute atomic E-state index is 6.46. The number of nitrogens with zero attached hydrogens (tertiary/aromatic N) is 2. The van der Waals surface area contributed by atoms with Gasteiger partial charge in [-0.05, 0) is 96.7 Å². The summed E-state index contributed by atoms with van der Waals surface area (Å²) in [7, 11) is 0. The fourth-order valence-electron chi connectivity index (χ4n) is 4.69. The van der Waals surface area contributed by atoms with Crippen LogP contribution in [0.25, 0.3) is 0 Å². The lowest BCUT2D eigenvalue weighted by Crippen LogP contribution is -2.33. The van der Waals surface area contributed by atoms with Crippen molar-refractivity contribution in [1.82, 2.24) is 9.88 Å². The molecule has 3 aromatic rings. The first-order valence-corrected chi connectivity index (χ1v) is 12.2. The molecule has 1 saturated heterocycles. The molecule has 1 unspecified atom stereocenters. The third kappa shape index (κ3) is 4.26. The van der Waals surface area contributed by atoms with Crippen LogP contribution in [0, 0.1) is 6.92 Å². The molecule has 32 heavy (non-hydrogen) atoms. The molecule has 0 spiro atoms. The number of fused-ring (bicyclic) bond motifs is 1. The van der Waals surface area contributed by atoms with Crippen molar-refractivity contribution in [2.45, 2.75) is 44.9 Å². The standard InChI is InChI=1S/C26H26BrClN2O2/c1-17-14-20(27)15-29-23(17)16-30-12-10-18(11-13-30)22-4-3-5-24-25(22)32-26(2,31-24)19-6-8-21(28)9-7-19/h3-9,14-15,18H,10-13,16H2,1-2H3. The number of hydrogen-bond donors (Lipinski definition) is 0. The molecule has 0 aliphatic carbocycles. The van der Waals surface area contributed by atoms with E-state index in [0.717, 1.165) is 59.7 Å². The highest BCUT2D eigenvalue weighted by atomic mass is 79.9. The van der Waals surface area contributed by atoms with Crippen molar-refractivity contribution in [2.75, 3.05) is 13.1 Å². The lowest BCUT2D eigenvalue weighted by molar-refractivity contribution is -0.0685. The third-order valence-electron chi connectivity index (χ3n) is 6.53. The molecule has 2 aliphatic heterocycles. The summed E-state index contributed by atoms with van der Waals surface area (Å²) in [5.74, 6) is 1.32. The van der Waals surface area contributed by atoms with Gasteiger partial charge < -0.3 is 9.47 Å². The van der Waals surface area contributed by atoms with Crippen LogP contribution in [-0.2, 0) is 12.3 Å². The zero-order chi connectivity index (χ0) is 22.3. The van der Waals surface area contributed by atoms with Gasteiger partial charge in [-0.2, -0.15) is 0 Å². The van der Waals surface area contributed by atoms with E-state index in [1.165, 1.54) is 11.1 Å². The molecule has 0 saturated carbocycles. The largest absolute Gasteiger partial charge is 0.445 e. The van der Waals surface area contributed by atoms with Crippen LogP contribution in [0.3, 0.4) is 0 Å². The molecule has 0 bridgehead atoms. The predicted octanol–water partition coefficient (Wildman–Crippen LogP) is 6.83. The van der Waals surface area contributed by atoms with Crippen molar-refractivity contribution in [3.05, 3.63) is 86.6 Å². The second-order valence-electron chi connectivity index (χ2n) is 8.80. The van der Waals surface area contributed by atoms with Crippen LogP contribution in [0.15, 0.2) is 59.2 Å². The van der Waals surface area contributed by atoms with E-state index in [0.29, 0.717) is 10.9 Å². The number of para-hydroxylation sites is 1. The van der Waals surface area contributed by atoms with Gasteiger partial charge in [-0.25, -0.2) is 0 Å². The Morgan fingerprint density at radius 1 is 1.12 bits per heavy atom. The van der Waals surface area contributed by atoms with Crippen molar-refractivity contribution in [2.24, 2.45) is 0 Å². The summed E-state index contributed by atoms with van der Waals surface area (Å²) in [5, 5.41) is 0.703. The molecular weight excluding hydrogens is 488 g/mol. The van der Waals surface area contributed by atoms with Crippen LogP contribution < -0.4 is 9.47 Å². The Labute approximate surface area is 202 Å². The van der Waals surface area contributed by atoms with Gasteiger partial charge in [-0.1, -0.05) is 23.7 Å². The first-order chi connectivity index (χ1) is 15.4. The molecule has 1 fully saturated rings. The van der Waals surface area contributed by atoms with Gasteiger partial charge in [0.2, 0.25) is 0 Å². The van der Waals surface area contributed by atoms with E-state index in [1.807, 2.05) is 43.5 Å². The highest BCUT2D eigenvalue weighted by Gasteiger charge is 2.41. The Balaban J connectivity index is 1.29. The van der Waals surface area contributed by atoms with Crippen molar-refractivity contribution in [3.63, 3.8) is 0 Å². The quantitative estimate of drug-likeness (QED) is 0.383. The van der Waals surface area contributed by atoms with E-state index in [2.05, 4.69) is 50.9 Å². The second-order valence-corrected chi connectivity index (χ2v) is 10.2. The van der Waals surface area contributed by atoms with Gasteiger partial charge in [0.15, 0.2) is 11.5 Å². The molecule has 0 amide bonds. The molecule has 3 heterocycles. The predicted molar refractivity (Wildman–Crippen MR) is 130 cm³/mol. The fourth-order valence-corrected chi connectivity index (χ4v) is 5.26. The second kappa shape index (κ2) is 8.69. The molecule has 2 aromatic carbocycles. The van der Waals surface area contributed by atoms with E-state index in [1.54, 1.807) is 0 Å². The number of aryl methyl sites for hydroxylation is 1. The van der Waals surface area contributed by atoms with Crippen LogP contribution in [0.2, 0.25) is 5.02 Å². The highest BCUT2D eigenvalue weighted by molar-refractivity contribution is 9.10. The Bertz CT molecular complexity index is 1130. The molecule has 166 valence electrons. The number of piperidine rings is 1. The molecule has 0 N–H and O–H groups in total. The monoisotopic (exact) mass is 512 g/mol. The van der Waals surface area contributed by atoms with Crippen molar-refractivity contribution >= 4 is 27.5 Å². The highest BCUT2D eigenvalue weighted by Crippen LogP contribution is 2.49. The summed E-state index contributed by atoms with van der Waals surface area (Å²) in [6.07, 6.45) is 4.07. The van der Waals surface area contributed by atoms with Crippen LogP contribution >= 0.6 is 27.5 Å². The van der Waals surface area contributed by atoms with Gasteiger partial charge in [0, 0.05) is 40.3 Å². The summed E-state index contributed by atoms with van der Waals surface area (Å²) in [6.45, 7) is 7.08. The summed E-state index contributed by atoms with van der Waals surface area (Å²) < 4.78 is 13.8. The average Bonchev–Trinajstić information content (AvgIpc) is 3.14. The number of hydrogen-bond acceptors (Lipinski definition) is 4. The van der Waals surface area contributed by atoms with Gasteiger partial charge in [0.25, 0.3) is 5.79 Å². The summed E-state index contributed by atoms with van der Waals surface area (Å²) in [6, 6.07) is 16.1. The summed E-state index contributed by atoms with van der Waals surface area (Å²) in [4.78, 5) is 7.11. The Hall–Kier alpha value is -2.08. The molecule has 4 nitrogen and oxygen atoms in total. The number of ether oxygens (including phenoxy) is 2. The number of aromatic nitrogens is 1. The molecule has 6 heteroatoms. The molecule has 1 atom stereocenters. The topological polar surface area (TPSA) is 34.6 Å². The van der Waals surface area contributed by atoms with Crippen molar-refractivity contribution in [3.8, 4) is 11.5 Å². The lowest BCUT2D eigenvalue weighted by atomic mass is 9.88. The smallest absolute Gasteiger partial charge is 0.275 e.